The fourth-order valence-electron chi connectivity index (χ4n) is 1.78. The van der Waals surface area contributed by atoms with Gasteiger partial charge in [-0.1, -0.05) is 0 Å². The predicted molar refractivity (Wildman–Crippen MR) is 72.0 cm³/mol. The van der Waals surface area contributed by atoms with Gasteiger partial charge >= 0.3 is 5.97 Å². The van der Waals surface area contributed by atoms with E-state index in [-0.39, 0.29) is 4.88 Å². The number of aryl methyl sites for hydroxylation is 2. The van der Waals surface area contributed by atoms with E-state index in [1.165, 1.54) is 6.07 Å². The van der Waals surface area contributed by atoms with Gasteiger partial charge in [-0.05, 0) is 37.1 Å². The summed E-state index contributed by atoms with van der Waals surface area (Å²) in [6, 6.07) is 7.06. The second-order valence-electron chi connectivity index (χ2n) is 4.10. The molecule has 4 nitrogen and oxygen atoms in total. The highest BCUT2D eigenvalue weighted by molar-refractivity contribution is 7.12. The maximum Gasteiger partial charge on any atom is 0.346 e. The first-order valence-electron chi connectivity index (χ1n) is 5.52. The number of carbonyl (C=O) groups is 1. The highest BCUT2D eigenvalue weighted by Crippen LogP contribution is 2.32. The molecule has 0 spiro atoms. The van der Waals surface area contributed by atoms with Crippen molar-refractivity contribution in [2.24, 2.45) is 0 Å². The lowest BCUT2D eigenvalue weighted by atomic mass is 10.1. The van der Waals surface area contributed by atoms with Crippen LogP contribution in [0.4, 0.5) is 0 Å². The summed E-state index contributed by atoms with van der Waals surface area (Å²) in [6.07, 6.45) is 0. The zero-order chi connectivity index (χ0) is 14.0. The van der Waals surface area contributed by atoms with Crippen molar-refractivity contribution in [3.8, 4) is 17.6 Å². The van der Waals surface area contributed by atoms with Gasteiger partial charge in [0.15, 0.2) is 0 Å². The van der Waals surface area contributed by atoms with Gasteiger partial charge in [0.1, 0.15) is 16.4 Å². The third kappa shape index (κ3) is 2.75. The molecule has 0 fully saturated rings. The normalized spacial score (nSPS) is 9.95. The van der Waals surface area contributed by atoms with Crippen LogP contribution >= 0.6 is 11.3 Å². The van der Waals surface area contributed by atoms with Crippen molar-refractivity contribution in [3.63, 3.8) is 0 Å². The van der Waals surface area contributed by atoms with Crippen LogP contribution in [0.2, 0.25) is 0 Å². The molecule has 0 amide bonds. The molecule has 96 valence electrons. The number of rotatable bonds is 3. The van der Waals surface area contributed by atoms with Crippen molar-refractivity contribution in [1.29, 1.82) is 5.26 Å². The molecule has 0 saturated carbocycles. The number of aromatic carboxylic acids is 1. The Morgan fingerprint density at radius 3 is 2.42 bits per heavy atom. The van der Waals surface area contributed by atoms with Crippen LogP contribution in [0, 0.1) is 25.2 Å². The van der Waals surface area contributed by atoms with E-state index in [9.17, 15) is 4.79 Å². The lowest BCUT2D eigenvalue weighted by molar-refractivity contribution is 0.0702. The summed E-state index contributed by atoms with van der Waals surface area (Å²) >= 11 is 1.12. The first-order chi connectivity index (χ1) is 9.01. The number of hydrogen-bond acceptors (Lipinski definition) is 4. The van der Waals surface area contributed by atoms with Gasteiger partial charge in [0.2, 0.25) is 0 Å². The lowest BCUT2D eigenvalue weighted by Gasteiger charge is -2.10. The number of hydrogen-bond donors (Lipinski definition) is 1. The van der Waals surface area contributed by atoms with Crippen molar-refractivity contribution in [3.05, 3.63) is 45.1 Å². The Kier molecular flexibility index (Phi) is 3.54. The van der Waals surface area contributed by atoms with E-state index >= 15 is 0 Å². The van der Waals surface area contributed by atoms with E-state index in [0.717, 1.165) is 22.5 Å². The van der Waals surface area contributed by atoms with Crippen LogP contribution in [-0.2, 0) is 0 Å². The number of carboxylic acid groups (broad SMARTS) is 1. The Balaban J connectivity index is 2.33. The van der Waals surface area contributed by atoms with Gasteiger partial charge in [0.05, 0.1) is 11.6 Å². The van der Waals surface area contributed by atoms with Crippen molar-refractivity contribution in [2.75, 3.05) is 0 Å². The Morgan fingerprint density at radius 1 is 1.32 bits per heavy atom. The summed E-state index contributed by atoms with van der Waals surface area (Å²) in [7, 11) is 0. The van der Waals surface area contributed by atoms with Crippen LogP contribution < -0.4 is 4.74 Å². The molecule has 19 heavy (non-hydrogen) atoms. The molecule has 0 unspecified atom stereocenters. The quantitative estimate of drug-likeness (QED) is 0.925. The summed E-state index contributed by atoms with van der Waals surface area (Å²) in [5.41, 5.74) is 2.28. The summed E-state index contributed by atoms with van der Waals surface area (Å²) in [5.74, 6) is 0.195. The average molecular weight is 273 g/mol. The Morgan fingerprint density at radius 2 is 1.95 bits per heavy atom. The van der Waals surface area contributed by atoms with Gasteiger partial charge in [-0.15, -0.1) is 11.3 Å². The average Bonchev–Trinajstić information content (AvgIpc) is 2.82. The van der Waals surface area contributed by atoms with Crippen molar-refractivity contribution in [2.45, 2.75) is 13.8 Å². The molecule has 0 bridgehead atoms. The molecule has 0 radical (unpaired) electrons. The van der Waals surface area contributed by atoms with E-state index in [1.807, 2.05) is 13.8 Å². The smallest absolute Gasteiger partial charge is 0.346 e. The molecule has 1 aromatic carbocycles. The highest BCUT2D eigenvalue weighted by atomic mass is 32.1. The van der Waals surface area contributed by atoms with Gasteiger partial charge in [0, 0.05) is 11.4 Å². The van der Waals surface area contributed by atoms with Gasteiger partial charge in [-0.2, -0.15) is 5.26 Å². The summed E-state index contributed by atoms with van der Waals surface area (Å²) in [4.78, 5) is 11.0. The second-order valence-corrected chi connectivity index (χ2v) is 5.02. The summed E-state index contributed by atoms with van der Waals surface area (Å²) in [5, 5.41) is 19.4. The van der Waals surface area contributed by atoms with Crippen LogP contribution in [0.5, 0.6) is 11.5 Å². The molecule has 0 aliphatic carbocycles. The maximum absolute atomic E-state index is 10.8. The third-order valence-electron chi connectivity index (χ3n) is 2.60. The largest absolute Gasteiger partial charge is 0.477 e. The molecule has 1 N–H and O–H groups in total. The summed E-state index contributed by atoms with van der Waals surface area (Å²) in [6.45, 7) is 3.71. The number of nitrogens with zero attached hydrogens (tertiary/aromatic N) is 1. The van der Waals surface area contributed by atoms with Gasteiger partial charge in [-0.3, -0.25) is 0 Å². The monoisotopic (exact) mass is 273 g/mol. The lowest BCUT2D eigenvalue weighted by Crippen LogP contribution is -1.93. The standard InChI is InChI=1S/C14H11NO3S/c1-8-3-10(6-15)4-9(2)13(8)18-11-5-12(14(16)17)19-7-11/h3-5,7H,1-2H3,(H,16,17). The molecule has 5 heteroatoms. The van der Waals surface area contributed by atoms with Gasteiger partial charge in [0.25, 0.3) is 0 Å². The predicted octanol–water partition coefficient (Wildman–Crippen LogP) is 3.73. The molecular weight excluding hydrogens is 262 g/mol. The van der Waals surface area contributed by atoms with E-state index in [0.29, 0.717) is 17.1 Å². The number of thiophene rings is 1. The minimum Gasteiger partial charge on any atom is -0.477 e. The molecular formula is C14H11NO3S. The Labute approximate surface area is 114 Å². The van der Waals surface area contributed by atoms with Crippen LogP contribution in [-0.4, -0.2) is 11.1 Å². The van der Waals surface area contributed by atoms with Gasteiger partial charge in [-0.25, -0.2) is 4.79 Å². The van der Waals surface area contributed by atoms with Gasteiger partial charge < -0.3 is 9.84 Å². The number of nitriles is 1. The van der Waals surface area contributed by atoms with Crippen molar-refractivity contribution >= 4 is 17.3 Å². The van der Waals surface area contributed by atoms with E-state index in [4.69, 9.17) is 15.1 Å². The molecule has 0 atom stereocenters. The molecule has 0 aliphatic rings. The van der Waals surface area contributed by atoms with Crippen molar-refractivity contribution < 1.29 is 14.6 Å². The number of carboxylic acids is 1. The SMILES string of the molecule is Cc1cc(C#N)cc(C)c1Oc1csc(C(=O)O)c1. The zero-order valence-corrected chi connectivity index (χ0v) is 11.2. The fourth-order valence-corrected chi connectivity index (χ4v) is 2.42. The maximum atomic E-state index is 10.8. The topological polar surface area (TPSA) is 70.3 Å². The first-order valence-corrected chi connectivity index (χ1v) is 6.40. The van der Waals surface area contributed by atoms with Crippen LogP contribution in [0.15, 0.2) is 23.6 Å². The highest BCUT2D eigenvalue weighted by Gasteiger charge is 2.11. The van der Waals surface area contributed by atoms with Crippen LogP contribution in [0.3, 0.4) is 0 Å². The first kappa shape index (κ1) is 13.1. The second kappa shape index (κ2) is 5.12. The third-order valence-corrected chi connectivity index (χ3v) is 3.49. The van der Waals surface area contributed by atoms with E-state index in [2.05, 4.69) is 6.07 Å². The Hall–Kier alpha value is -2.32. The van der Waals surface area contributed by atoms with Crippen LogP contribution in [0.1, 0.15) is 26.4 Å². The number of benzene rings is 1. The molecule has 2 rings (SSSR count). The molecule has 2 aromatic rings. The van der Waals surface area contributed by atoms with Crippen molar-refractivity contribution in [1.82, 2.24) is 0 Å². The molecule has 1 heterocycles. The van der Waals surface area contributed by atoms with Crippen LogP contribution in [0.25, 0.3) is 0 Å². The summed E-state index contributed by atoms with van der Waals surface area (Å²) < 4.78 is 5.71. The molecule has 1 aromatic heterocycles. The Bertz CT molecular complexity index is 659. The zero-order valence-electron chi connectivity index (χ0n) is 10.4. The molecule has 0 aliphatic heterocycles. The fraction of sp³-hybridized carbons (Fsp3) is 0.143. The van der Waals surface area contributed by atoms with E-state index in [1.54, 1.807) is 17.5 Å². The number of ether oxygens (including phenoxy) is 1. The molecule has 0 saturated heterocycles. The van der Waals surface area contributed by atoms with E-state index < -0.39 is 5.97 Å². The minimum atomic E-state index is -0.965. The minimum absolute atomic E-state index is 0.235.